The molecule has 0 radical (unpaired) electrons. The molecular weight excluding hydrogens is 456 g/mol. The summed E-state index contributed by atoms with van der Waals surface area (Å²) < 4.78 is 50.8. The Kier molecular flexibility index (Phi) is 10.7. The van der Waals surface area contributed by atoms with E-state index < -0.39 is 33.4 Å². The number of hydrogen-bond acceptors (Lipinski definition) is 7. The van der Waals surface area contributed by atoms with E-state index in [4.69, 9.17) is 18.9 Å². The molecule has 0 bridgehead atoms. The summed E-state index contributed by atoms with van der Waals surface area (Å²) in [6.45, 7) is 7.78. The summed E-state index contributed by atoms with van der Waals surface area (Å²) in [7, 11) is -3.45. The van der Waals surface area contributed by atoms with Crippen molar-refractivity contribution in [2.45, 2.75) is 115 Å². The number of allylic oxidation sites excluding steroid dienone is 1. The van der Waals surface area contributed by atoms with Crippen LogP contribution in [0.3, 0.4) is 0 Å². The second-order valence-electron chi connectivity index (χ2n) is 10.9. The largest absolute Gasteiger partial charge is 0.469 e. The Morgan fingerprint density at radius 3 is 2.35 bits per heavy atom. The molecule has 3 aliphatic heterocycles. The van der Waals surface area contributed by atoms with E-state index in [0.29, 0.717) is 19.0 Å². The van der Waals surface area contributed by atoms with Gasteiger partial charge in [0.15, 0.2) is 22.4 Å². The van der Waals surface area contributed by atoms with Crippen LogP contribution in [-0.4, -0.2) is 63.0 Å². The van der Waals surface area contributed by atoms with Gasteiger partial charge in [-0.1, -0.05) is 33.6 Å². The highest BCUT2D eigenvalue weighted by Crippen LogP contribution is 2.41. The molecule has 0 aromatic rings. The van der Waals surface area contributed by atoms with Crippen molar-refractivity contribution in [1.82, 2.24) is 0 Å². The quantitative estimate of drug-likeness (QED) is 0.386. The van der Waals surface area contributed by atoms with E-state index in [0.717, 1.165) is 64.2 Å². The van der Waals surface area contributed by atoms with E-state index in [-0.39, 0.29) is 30.5 Å². The van der Waals surface area contributed by atoms with Crippen molar-refractivity contribution in [2.75, 3.05) is 25.6 Å². The fraction of sp³-hybridized carbons (Fsp3) is 0.923. The van der Waals surface area contributed by atoms with Crippen LogP contribution < -0.4 is 0 Å². The van der Waals surface area contributed by atoms with Crippen molar-refractivity contribution in [3.8, 4) is 0 Å². The molecule has 0 aromatic heterocycles. The summed E-state index contributed by atoms with van der Waals surface area (Å²) in [5, 5.41) is 8.99. The predicted molar refractivity (Wildman–Crippen MR) is 132 cm³/mol. The number of aliphatic hydroxyl groups is 1. The lowest BCUT2D eigenvalue weighted by atomic mass is 9.82. The molecule has 2 unspecified atom stereocenters. The summed E-state index contributed by atoms with van der Waals surface area (Å²) in [4.78, 5) is 0. The third-order valence-corrected chi connectivity index (χ3v) is 9.58. The maximum Gasteiger partial charge on any atom is 0.199 e. The summed E-state index contributed by atoms with van der Waals surface area (Å²) in [6.07, 6.45) is 10.7. The fourth-order valence-corrected chi connectivity index (χ4v) is 7.47. The normalized spacial score (nSPS) is 32.6. The predicted octanol–water partition coefficient (Wildman–Crippen LogP) is 4.73. The van der Waals surface area contributed by atoms with Crippen LogP contribution in [0, 0.1) is 11.3 Å². The van der Waals surface area contributed by atoms with Crippen molar-refractivity contribution in [1.29, 1.82) is 0 Å². The Morgan fingerprint density at radius 1 is 1.09 bits per heavy atom. The Bertz CT molecular complexity index is 736. The molecule has 3 aliphatic rings. The van der Waals surface area contributed by atoms with Gasteiger partial charge in [-0.15, -0.1) is 0 Å². The van der Waals surface area contributed by atoms with Crippen LogP contribution in [0.15, 0.2) is 11.8 Å². The van der Waals surface area contributed by atoms with Gasteiger partial charge in [0, 0.05) is 19.6 Å². The molecule has 1 N–H and O–H groups in total. The summed E-state index contributed by atoms with van der Waals surface area (Å²) in [6, 6.07) is 0. The van der Waals surface area contributed by atoms with Gasteiger partial charge < -0.3 is 24.1 Å². The van der Waals surface area contributed by atoms with E-state index in [1.165, 1.54) is 0 Å². The second kappa shape index (κ2) is 13.0. The van der Waals surface area contributed by atoms with E-state index in [9.17, 15) is 13.5 Å². The average molecular weight is 503 g/mol. The van der Waals surface area contributed by atoms with Gasteiger partial charge in [-0.25, -0.2) is 8.42 Å². The molecule has 3 fully saturated rings. The van der Waals surface area contributed by atoms with Gasteiger partial charge in [0.2, 0.25) is 0 Å². The Hall–Kier alpha value is -0.670. The van der Waals surface area contributed by atoms with Gasteiger partial charge in [0.1, 0.15) is 5.76 Å². The van der Waals surface area contributed by atoms with Crippen molar-refractivity contribution in [3.05, 3.63) is 11.8 Å². The minimum atomic E-state index is -3.45. The molecule has 7 nitrogen and oxygen atoms in total. The molecule has 34 heavy (non-hydrogen) atoms. The Labute approximate surface area is 206 Å². The minimum Gasteiger partial charge on any atom is -0.469 e. The van der Waals surface area contributed by atoms with Gasteiger partial charge >= 0.3 is 0 Å². The first-order valence-corrected chi connectivity index (χ1v) is 15.0. The molecule has 0 aromatic carbocycles. The van der Waals surface area contributed by atoms with Crippen LogP contribution in [0.25, 0.3) is 0 Å². The van der Waals surface area contributed by atoms with Gasteiger partial charge in [-0.2, -0.15) is 0 Å². The molecule has 0 amide bonds. The molecule has 0 saturated carbocycles. The van der Waals surface area contributed by atoms with Crippen LogP contribution in [0.5, 0.6) is 0 Å². The maximum atomic E-state index is 13.2. The summed E-state index contributed by atoms with van der Waals surface area (Å²) >= 11 is 0. The van der Waals surface area contributed by atoms with Crippen molar-refractivity contribution >= 4 is 9.84 Å². The molecule has 3 rings (SSSR count). The average Bonchev–Trinajstić information content (AvgIpc) is 3.06. The Morgan fingerprint density at radius 2 is 1.76 bits per heavy atom. The second-order valence-corrected chi connectivity index (χ2v) is 13.1. The number of sulfone groups is 1. The smallest absolute Gasteiger partial charge is 0.199 e. The van der Waals surface area contributed by atoms with Crippen molar-refractivity contribution in [2.24, 2.45) is 11.3 Å². The van der Waals surface area contributed by atoms with E-state index in [1.54, 1.807) is 0 Å². The first-order valence-electron chi connectivity index (χ1n) is 13.3. The molecular formula is C26H46O7S. The number of ether oxygens (including phenoxy) is 4. The van der Waals surface area contributed by atoms with Crippen LogP contribution in [0.1, 0.15) is 91.4 Å². The van der Waals surface area contributed by atoms with Gasteiger partial charge in [0.05, 0.1) is 29.6 Å². The van der Waals surface area contributed by atoms with E-state index >= 15 is 0 Å². The highest BCUT2D eigenvalue weighted by Gasteiger charge is 2.51. The molecule has 0 spiro atoms. The number of unbranched alkanes of at least 4 members (excludes halogenated alkanes) is 1. The third kappa shape index (κ3) is 7.92. The van der Waals surface area contributed by atoms with Crippen molar-refractivity contribution < 1.29 is 32.5 Å². The van der Waals surface area contributed by atoms with Gasteiger partial charge in [-0.3, -0.25) is 0 Å². The van der Waals surface area contributed by atoms with Crippen LogP contribution >= 0.6 is 0 Å². The van der Waals surface area contributed by atoms with Crippen LogP contribution in [0.4, 0.5) is 0 Å². The van der Waals surface area contributed by atoms with Crippen LogP contribution in [0.2, 0.25) is 0 Å². The first-order chi connectivity index (χ1) is 16.3. The summed E-state index contributed by atoms with van der Waals surface area (Å²) in [5.74, 6) is 0.0974. The number of hydrogen-bond donors (Lipinski definition) is 1. The van der Waals surface area contributed by atoms with E-state index in [2.05, 4.69) is 26.8 Å². The number of aliphatic hydroxyl groups excluding tert-OH is 1. The standard InChI is InChI=1S/C26H46O7S/c1-4-5-14-26(2,3)15-12-20(32-23-10-6-8-17-30-23)25-21(33-24-11-7-9-18-31-24)19-34(28,29)22(25)13-16-27/h12,21-25,27H,4-11,13-19H2,1-3H3/t21-,22-,23?,24?,25-/m1/s1. The monoisotopic (exact) mass is 502 g/mol. The van der Waals surface area contributed by atoms with Gasteiger partial charge in [0.25, 0.3) is 0 Å². The minimum absolute atomic E-state index is 0.0742. The third-order valence-electron chi connectivity index (χ3n) is 7.33. The zero-order valence-electron chi connectivity index (χ0n) is 21.4. The first kappa shape index (κ1) is 27.9. The van der Waals surface area contributed by atoms with Crippen molar-refractivity contribution in [3.63, 3.8) is 0 Å². The molecule has 8 heteroatoms. The Balaban J connectivity index is 1.89. The highest BCUT2D eigenvalue weighted by atomic mass is 32.2. The zero-order valence-corrected chi connectivity index (χ0v) is 22.2. The lowest BCUT2D eigenvalue weighted by Crippen LogP contribution is -2.37. The molecule has 3 heterocycles. The van der Waals surface area contributed by atoms with E-state index in [1.807, 2.05) is 0 Å². The lowest BCUT2D eigenvalue weighted by Gasteiger charge is -2.33. The maximum absolute atomic E-state index is 13.2. The SMILES string of the molecule is CCCCC(C)(C)CC=C(OC1CCCCO1)[C@H]1[C@@H](CCO)S(=O)(=O)C[C@H]1OC1CCCCO1. The molecule has 0 aliphatic carbocycles. The fourth-order valence-electron chi connectivity index (χ4n) is 5.26. The number of rotatable bonds is 12. The molecule has 198 valence electrons. The lowest BCUT2D eigenvalue weighted by molar-refractivity contribution is -0.197. The summed E-state index contributed by atoms with van der Waals surface area (Å²) in [5.41, 5.74) is 0.0742. The van der Waals surface area contributed by atoms with Crippen LogP contribution in [-0.2, 0) is 28.8 Å². The molecule has 5 atom stereocenters. The molecule has 3 saturated heterocycles. The topological polar surface area (TPSA) is 91.3 Å². The van der Waals surface area contributed by atoms with Gasteiger partial charge in [-0.05, 0) is 62.9 Å². The zero-order chi connectivity index (χ0) is 24.6. The highest BCUT2D eigenvalue weighted by molar-refractivity contribution is 7.92.